The predicted molar refractivity (Wildman–Crippen MR) is 66.4 cm³/mol. The van der Waals surface area contributed by atoms with Gasteiger partial charge in [0.2, 0.25) is 0 Å². The first kappa shape index (κ1) is 11.9. The molecule has 76 valence electrons. The maximum atomic E-state index is 10.9. The van der Waals surface area contributed by atoms with Gasteiger partial charge in [-0.05, 0) is 5.56 Å². The summed E-state index contributed by atoms with van der Waals surface area (Å²) in [5, 5.41) is 8.93. The first-order valence-electron chi connectivity index (χ1n) is 3.99. The number of aliphatic carboxylic acids is 1. The number of hydrogen-bond donors (Lipinski definition) is 1. The van der Waals surface area contributed by atoms with Crippen molar-refractivity contribution >= 4 is 45.0 Å². The summed E-state index contributed by atoms with van der Waals surface area (Å²) in [6, 6.07) is 9.01. The summed E-state index contributed by atoms with van der Waals surface area (Å²) in [4.78, 5) is 10.9. The van der Waals surface area contributed by atoms with Crippen LogP contribution < -0.4 is 0 Å². The van der Waals surface area contributed by atoms with Crippen molar-refractivity contribution in [2.24, 2.45) is 0 Å². The van der Waals surface area contributed by atoms with Gasteiger partial charge in [0, 0.05) is 45.4 Å². The van der Waals surface area contributed by atoms with Crippen LogP contribution in [-0.4, -0.2) is 19.3 Å². The molecule has 0 aliphatic rings. The van der Waals surface area contributed by atoms with Crippen LogP contribution in [0.2, 0.25) is 0 Å². The predicted octanol–water partition coefficient (Wildman–Crippen LogP) is 2.64. The van der Waals surface area contributed by atoms with E-state index in [1.807, 2.05) is 53.2 Å². The topological polar surface area (TPSA) is 40.5 Å². The van der Waals surface area contributed by atoms with Crippen molar-refractivity contribution in [2.75, 3.05) is 0 Å². The third-order valence-electron chi connectivity index (χ3n) is 1.79. The number of carbonyl (C=O) groups is 1. The van der Waals surface area contributed by atoms with Gasteiger partial charge in [-0.1, -0.05) is 30.3 Å². The third-order valence-corrected chi connectivity index (χ3v) is 2.96. The molecular weight excluding hydrogens is 361 g/mol. The van der Waals surface area contributed by atoms with Crippen molar-refractivity contribution in [3.63, 3.8) is 0 Å². The van der Waals surface area contributed by atoms with Gasteiger partial charge in [-0.15, -0.1) is 0 Å². The van der Waals surface area contributed by atoms with Crippen LogP contribution in [0.3, 0.4) is 0 Å². The molecule has 0 saturated carbocycles. The molecule has 0 aliphatic carbocycles. The van der Waals surface area contributed by atoms with Gasteiger partial charge in [-0.2, -0.15) is 2.14 Å². The smallest absolute Gasteiger partial charge is 0.323 e. The lowest BCUT2D eigenvalue weighted by Crippen LogP contribution is -2.30. The fourth-order valence-corrected chi connectivity index (χ4v) is 1.83. The van der Waals surface area contributed by atoms with Gasteiger partial charge in [0.15, 0.2) is 0 Å². The quantitative estimate of drug-likeness (QED) is 0.655. The largest absolute Gasteiger partial charge is 0.480 e. The van der Waals surface area contributed by atoms with E-state index in [-0.39, 0.29) is 0 Å². The van der Waals surface area contributed by atoms with E-state index in [0.29, 0.717) is 6.42 Å². The summed E-state index contributed by atoms with van der Waals surface area (Å²) in [6.45, 7) is 0. The van der Waals surface area contributed by atoms with Gasteiger partial charge < -0.3 is 5.11 Å². The highest BCUT2D eigenvalue weighted by atomic mass is 127. The number of nitrogens with zero attached hydrogens (tertiary/aromatic N) is 1. The molecule has 3 nitrogen and oxygen atoms in total. The Hall–Kier alpha value is -0.140. The first-order valence-corrected chi connectivity index (χ1v) is 5.66. The van der Waals surface area contributed by atoms with Crippen LogP contribution >= 0.6 is 39.0 Å². The lowest BCUT2D eigenvalue weighted by Gasteiger charge is -2.15. The number of carboxylic acid groups (broad SMARTS) is 1. The van der Waals surface area contributed by atoms with Crippen LogP contribution in [0.15, 0.2) is 30.3 Å². The summed E-state index contributed by atoms with van der Waals surface area (Å²) in [5.41, 5.74) is 1.01. The molecule has 1 unspecified atom stereocenters. The van der Waals surface area contributed by atoms with Gasteiger partial charge in [0.05, 0.1) is 0 Å². The molecule has 14 heavy (non-hydrogen) atoms. The van der Waals surface area contributed by atoms with Crippen LogP contribution in [0, 0.1) is 0 Å². The van der Waals surface area contributed by atoms with E-state index in [2.05, 4.69) is 16.1 Å². The maximum Gasteiger partial charge on any atom is 0.323 e. The van der Waals surface area contributed by atoms with Crippen molar-refractivity contribution in [1.82, 2.24) is 2.14 Å². The number of carboxylic acids is 1. The Morgan fingerprint density at radius 2 is 2.07 bits per heavy atom. The van der Waals surface area contributed by atoms with E-state index >= 15 is 0 Å². The van der Waals surface area contributed by atoms with E-state index in [9.17, 15) is 4.79 Å². The molecule has 1 aromatic carbocycles. The third kappa shape index (κ3) is 3.55. The zero-order chi connectivity index (χ0) is 10.6. The van der Waals surface area contributed by atoms with Gasteiger partial charge in [0.25, 0.3) is 0 Å². The van der Waals surface area contributed by atoms with Crippen LogP contribution in [-0.2, 0) is 11.2 Å². The summed E-state index contributed by atoms with van der Waals surface area (Å²) < 4.78 is 1.50. The summed E-state index contributed by atoms with van der Waals surface area (Å²) in [6.07, 6.45) is 0.490. The van der Waals surface area contributed by atoms with Crippen molar-refractivity contribution in [1.29, 1.82) is 0 Å². The first-order chi connectivity index (χ1) is 6.61. The van der Waals surface area contributed by atoms with Gasteiger partial charge in [-0.25, -0.2) is 0 Å². The van der Waals surface area contributed by atoms with Crippen LogP contribution in [0.25, 0.3) is 0 Å². The lowest BCUT2D eigenvalue weighted by molar-refractivity contribution is -0.139. The molecule has 0 heterocycles. The summed E-state index contributed by atoms with van der Waals surface area (Å²) >= 11 is 5.05. The summed E-state index contributed by atoms with van der Waals surface area (Å²) in [7, 11) is 0. The van der Waals surface area contributed by atoms with E-state index in [1.165, 1.54) is 2.14 Å². The molecule has 5 heteroatoms. The van der Waals surface area contributed by atoms with Crippen LogP contribution in [0.5, 0.6) is 0 Å². The highest BCUT2D eigenvalue weighted by Crippen LogP contribution is 2.17. The standard InChI is InChI=1S/C9H9BrINO2/c10-12(11)8(9(13)14)6-7-4-2-1-3-5-7/h1-5,8H,6H2,(H,13,14). The molecule has 1 aromatic rings. The fraction of sp³-hybridized carbons (Fsp3) is 0.222. The van der Waals surface area contributed by atoms with Crippen molar-refractivity contribution in [3.8, 4) is 0 Å². The number of rotatable bonds is 4. The van der Waals surface area contributed by atoms with E-state index in [1.54, 1.807) is 0 Å². The Balaban J connectivity index is 2.70. The average molecular weight is 370 g/mol. The maximum absolute atomic E-state index is 10.9. The molecule has 0 aliphatic heterocycles. The number of hydrogen-bond acceptors (Lipinski definition) is 2. The zero-order valence-electron chi connectivity index (χ0n) is 7.23. The Labute approximate surface area is 105 Å². The number of halogens is 2. The Kier molecular flexibility index (Phi) is 4.83. The SMILES string of the molecule is O=C(O)C(Cc1ccccc1)N(Br)I. The molecule has 1 N–H and O–H groups in total. The van der Waals surface area contributed by atoms with E-state index in [0.717, 1.165) is 5.56 Å². The molecule has 0 bridgehead atoms. The molecule has 0 fully saturated rings. The molecule has 0 aromatic heterocycles. The van der Waals surface area contributed by atoms with Gasteiger partial charge in [0.1, 0.15) is 6.04 Å². The highest BCUT2D eigenvalue weighted by molar-refractivity contribution is 14.1. The minimum atomic E-state index is -0.833. The molecular formula is C9H9BrINO2. The monoisotopic (exact) mass is 369 g/mol. The second-order valence-electron chi connectivity index (χ2n) is 2.80. The highest BCUT2D eigenvalue weighted by Gasteiger charge is 2.22. The van der Waals surface area contributed by atoms with Gasteiger partial charge in [-0.3, -0.25) is 4.79 Å². The van der Waals surface area contributed by atoms with Crippen LogP contribution in [0.4, 0.5) is 0 Å². The van der Waals surface area contributed by atoms with Gasteiger partial charge >= 0.3 is 5.97 Å². The molecule has 0 spiro atoms. The van der Waals surface area contributed by atoms with Crippen molar-refractivity contribution in [3.05, 3.63) is 35.9 Å². The minimum Gasteiger partial charge on any atom is -0.480 e. The zero-order valence-corrected chi connectivity index (χ0v) is 11.0. The van der Waals surface area contributed by atoms with E-state index in [4.69, 9.17) is 5.11 Å². The lowest BCUT2D eigenvalue weighted by atomic mass is 10.1. The van der Waals surface area contributed by atoms with Crippen LogP contribution in [0.1, 0.15) is 5.56 Å². The normalized spacial score (nSPS) is 12.8. The second-order valence-corrected chi connectivity index (χ2v) is 5.93. The Bertz CT molecular complexity index is 305. The second kappa shape index (κ2) is 5.67. The average Bonchev–Trinajstić information content (AvgIpc) is 2.15. The molecule has 0 amide bonds. The van der Waals surface area contributed by atoms with E-state index < -0.39 is 12.0 Å². The van der Waals surface area contributed by atoms with Crippen molar-refractivity contribution in [2.45, 2.75) is 12.5 Å². The number of benzene rings is 1. The minimum absolute atomic E-state index is 0.490. The summed E-state index contributed by atoms with van der Waals surface area (Å²) in [5.74, 6) is -0.833. The molecule has 1 atom stereocenters. The Morgan fingerprint density at radius 1 is 1.50 bits per heavy atom. The van der Waals surface area contributed by atoms with Crippen molar-refractivity contribution < 1.29 is 9.90 Å². The Morgan fingerprint density at radius 3 is 2.50 bits per heavy atom. The molecule has 0 saturated heterocycles. The fourth-order valence-electron chi connectivity index (χ4n) is 1.08. The molecule has 1 rings (SSSR count). The molecule has 0 radical (unpaired) electrons.